The molecule has 4 aliphatic carbocycles. The topological polar surface area (TPSA) is 69.2 Å². The van der Waals surface area contributed by atoms with E-state index in [1.165, 1.54) is 19.3 Å². The molecule has 1 N–H and O–H groups in total. The molecule has 0 radical (unpaired) electrons. The molecule has 0 spiro atoms. The fraction of sp³-hybridized carbons (Fsp3) is 0.579. The molecule has 4 nitrogen and oxygen atoms in total. The van der Waals surface area contributed by atoms with Crippen LogP contribution < -0.4 is 10.4 Å². The lowest BCUT2D eigenvalue weighted by atomic mass is 9.47. The van der Waals surface area contributed by atoms with Crippen LogP contribution in [0, 0.1) is 23.2 Å². The molecule has 5 heteroatoms. The van der Waals surface area contributed by atoms with Crippen molar-refractivity contribution in [2.24, 2.45) is 23.2 Å². The molecule has 1 aromatic carbocycles. The fourth-order valence-electron chi connectivity index (χ4n) is 5.81. The smallest absolute Gasteiger partial charge is 0.251 e. The zero-order valence-corrected chi connectivity index (χ0v) is 14.2. The Hall–Kier alpha value is -1.55. The Morgan fingerprint density at radius 2 is 1.54 bits per heavy atom. The molecule has 0 heterocycles. The van der Waals surface area contributed by atoms with Crippen LogP contribution in [-0.2, 0) is 4.79 Å². The summed E-state index contributed by atoms with van der Waals surface area (Å²) >= 11 is 5.85. The summed E-state index contributed by atoms with van der Waals surface area (Å²) in [4.78, 5) is 24.4. The standard InChI is InChI=1S/C19H22ClNO3/c20-15-3-1-14(2-4-15)17(22)21-16(18(23)24)19-8-11-5-12(9-19)7-13(6-11)10-19/h1-4,11-13,16H,5-10H2,(H,21,22)(H,23,24)/p-1/t11?,12?,13?,16-,19?/m0/s1. The first-order valence-corrected chi connectivity index (χ1v) is 9.10. The Bertz CT molecular complexity index is 634. The highest BCUT2D eigenvalue weighted by atomic mass is 35.5. The summed E-state index contributed by atoms with van der Waals surface area (Å²) in [6, 6.07) is 5.59. The number of hydrogen-bond donors (Lipinski definition) is 1. The third kappa shape index (κ3) is 2.71. The number of rotatable bonds is 4. The molecule has 128 valence electrons. The van der Waals surface area contributed by atoms with Gasteiger partial charge in [-0.15, -0.1) is 0 Å². The Labute approximate surface area is 146 Å². The molecule has 1 amide bonds. The van der Waals surface area contributed by atoms with E-state index in [0.29, 0.717) is 28.3 Å². The number of halogens is 1. The number of carboxylic acids is 1. The second-order valence-corrected chi connectivity index (χ2v) is 8.45. The van der Waals surface area contributed by atoms with Gasteiger partial charge in [-0.2, -0.15) is 0 Å². The van der Waals surface area contributed by atoms with E-state index in [9.17, 15) is 14.7 Å². The van der Waals surface area contributed by atoms with E-state index in [1.54, 1.807) is 24.3 Å². The number of carboxylic acid groups (broad SMARTS) is 1. The van der Waals surface area contributed by atoms with Gasteiger partial charge >= 0.3 is 0 Å². The van der Waals surface area contributed by atoms with Crippen molar-refractivity contribution in [3.63, 3.8) is 0 Å². The van der Waals surface area contributed by atoms with Crippen LogP contribution in [0.5, 0.6) is 0 Å². The molecule has 4 fully saturated rings. The Morgan fingerprint density at radius 3 is 2.00 bits per heavy atom. The molecule has 0 aromatic heterocycles. The van der Waals surface area contributed by atoms with Gasteiger partial charge in [0.25, 0.3) is 5.91 Å². The van der Waals surface area contributed by atoms with Crippen LogP contribution in [0.2, 0.25) is 5.02 Å². The quantitative estimate of drug-likeness (QED) is 0.910. The number of carbonyl (C=O) groups is 2. The van der Waals surface area contributed by atoms with Gasteiger partial charge in [0.05, 0.1) is 12.0 Å². The molecule has 4 saturated carbocycles. The van der Waals surface area contributed by atoms with Gasteiger partial charge in [-0.3, -0.25) is 4.79 Å². The van der Waals surface area contributed by atoms with Crippen LogP contribution in [0.4, 0.5) is 0 Å². The second-order valence-electron chi connectivity index (χ2n) is 8.01. The lowest BCUT2D eigenvalue weighted by Crippen LogP contribution is -2.62. The number of hydrogen-bond acceptors (Lipinski definition) is 3. The zero-order chi connectivity index (χ0) is 16.9. The molecule has 0 unspecified atom stereocenters. The zero-order valence-electron chi connectivity index (χ0n) is 13.5. The van der Waals surface area contributed by atoms with E-state index in [2.05, 4.69) is 5.32 Å². The van der Waals surface area contributed by atoms with Gasteiger partial charge in [0.1, 0.15) is 0 Å². The van der Waals surface area contributed by atoms with Gasteiger partial charge in [0.2, 0.25) is 0 Å². The molecule has 5 rings (SSSR count). The molecular weight excluding hydrogens is 326 g/mol. The summed E-state index contributed by atoms with van der Waals surface area (Å²) in [5.74, 6) is 0.331. The Kier molecular flexibility index (Phi) is 3.83. The van der Waals surface area contributed by atoms with Crippen LogP contribution in [0.25, 0.3) is 0 Å². The summed E-state index contributed by atoms with van der Waals surface area (Å²) < 4.78 is 0. The van der Waals surface area contributed by atoms with Crippen molar-refractivity contribution in [2.75, 3.05) is 0 Å². The summed E-state index contributed by atoms with van der Waals surface area (Å²) in [6.45, 7) is 0. The van der Waals surface area contributed by atoms with Crippen molar-refractivity contribution in [3.05, 3.63) is 34.9 Å². The first kappa shape index (κ1) is 15.9. The highest BCUT2D eigenvalue weighted by Crippen LogP contribution is 2.61. The highest BCUT2D eigenvalue weighted by molar-refractivity contribution is 6.30. The van der Waals surface area contributed by atoms with Gasteiger partial charge in [0.15, 0.2) is 0 Å². The van der Waals surface area contributed by atoms with Gasteiger partial charge in [-0.05, 0) is 86.0 Å². The number of amides is 1. The van der Waals surface area contributed by atoms with Crippen molar-refractivity contribution < 1.29 is 14.7 Å². The first-order chi connectivity index (χ1) is 11.4. The molecule has 0 saturated heterocycles. The average Bonchev–Trinajstić information content (AvgIpc) is 2.51. The maximum atomic E-state index is 12.5. The molecule has 1 aromatic rings. The number of benzene rings is 1. The maximum absolute atomic E-state index is 12.5. The van der Waals surface area contributed by atoms with Gasteiger partial charge < -0.3 is 15.2 Å². The summed E-state index contributed by atoms with van der Waals surface area (Å²) in [5.41, 5.74) is 0.103. The van der Waals surface area contributed by atoms with Crippen molar-refractivity contribution >= 4 is 23.5 Å². The third-order valence-corrected chi connectivity index (χ3v) is 6.57. The van der Waals surface area contributed by atoms with E-state index in [-0.39, 0.29) is 11.3 Å². The van der Waals surface area contributed by atoms with E-state index >= 15 is 0 Å². The molecular formula is C19H21ClNO3-. The molecule has 4 bridgehead atoms. The lowest BCUT2D eigenvalue weighted by molar-refractivity contribution is -0.313. The number of nitrogens with one attached hydrogen (secondary N) is 1. The second kappa shape index (κ2) is 5.76. The van der Waals surface area contributed by atoms with Crippen molar-refractivity contribution in [1.82, 2.24) is 5.32 Å². The van der Waals surface area contributed by atoms with Crippen LogP contribution in [0.1, 0.15) is 48.9 Å². The van der Waals surface area contributed by atoms with Crippen LogP contribution in [0.3, 0.4) is 0 Å². The van der Waals surface area contributed by atoms with Crippen LogP contribution >= 0.6 is 11.6 Å². The predicted molar refractivity (Wildman–Crippen MR) is 88.3 cm³/mol. The molecule has 0 aliphatic heterocycles. The molecule has 4 aliphatic rings. The fourth-order valence-corrected chi connectivity index (χ4v) is 5.93. The summed E-state index contributed by atoms with van der Waals surface area (Å²) in [6.07, 6.45) is 6.38. The van der Waals surface area contributed by atoms with E-state index in [4.69, 9.17) is 11.6 Å². The largest absolute Gasteiger partial charge is 0.548 e. The van der Waals surface area contributed by atoms with Crippen molar-refractivity contribution in [2.45, 2.75) is 44.6 Å². The highest BCUT2D eigenvalue weighted by Gasteiger charge is 2.54. The third-order valence-electron chi connectivity index (χ3n) is 6.32. The van der Waals surface area contributed by atoms with Crippen molar-refractivity contribution in [3.8, 4) is 0 Å². The minimum absolute atomic E-state index is 0.324. The first-order valence-electron chi connectivity index (χ1n) is 8.72. The SMILES string of the molecule is O=C(N[C@@H](C(=O)[O-])C12CC3CC(CC(C3)C1)C2)c1ccc(Cl)cc1. The van der Waals surface area contributed by atoms with Crippen molar-refractivity contribution in [1.29, 1.82) is 0 Å². The van der Waals surface area contributed by atoms with E-state index in [0.717, 1.165) is 19.3 Å². The van der Waals surface area contributed by atoms with E-state index in [1.807, 2.05) is 0 Å². The lowest BCUT2D eigenvalue weighted by Gasteiger charge is -2.59. The summed E-state index contributed by atoms with van der Waals surface area (Å²) in [5, 5.41) is 15.2. The monoisotopic (exact) mass is 346 g/mol. The Morgan fingerprint density at radius 1 is 1.04 bits per heavy atom. The average molecular weight is 347 g/mol. The maximum Gasteiger partial charge on any atom is 0.251 e. The number of carbonyl (C=O) groups excluding carboxylic acids is 2. The molecule has 24 heavy (non-hydrogen) atoms. The van der Waals surface area contributed by atoms with Crippen LogP contribution in [0.15, 0.2) is 24.3 Å². The van der Waals surface area contributed by atoms with E-state index < -0.39 is 12.0 Å². The normalized spacial score (nSPS) is 34.8. The Balaban J connectivity index is 1.57. The van der Waals surface area contributed by atoms with Crippen LogP contribution in [-0.4, -0.2) is 17.9 Å². The minimum Gasteiger partial charge on any atom is -0.548 e. The number of aliphatic carboxylic acids is 1. The molecule has 1 atom stereocenters. The van der Waals surface area contributed by atoms with Gasteiger partial charge in [-0.1, -0.05) is 11.6 Å². The predicted octanol–water partition coefficient (Wildman–Crippen LogP) is 2.40. The van der Waals surface area contributed by atoms with Gasteiger partial charge in [0, 0.05) is 10.6 Å². The minimum atomic E-state index is -1.15. The van der Waals surface area contributed by atoms with Gasteiger partial charge in [-0.25, -0.2) is 0 Å². The summed E-state index contributed by atoms with van der Waals surface area (Å²) in [7, 11) is 0.